The van der Waals surface area contributed by atoms with Crippen molar-refractivity contribution < 1.29 is 18.7 Å². The summed E-state index contributed by atoms with van der Waals surface area (Å²) in [4.78, 5) is 5.16. The molecule has 2 aliphatic heterocycles. The van der Waals surface area contributed by atoms with E-state index < -0.39 is 0 Å². The van der Waals surface area contributed by atoms with Crippen LogP contribution in [0, 0.1) is 0 Å². The summed E-state index contributed by atoms with van der Waals surface area (Å²) in [6.45, 7) is 9.23. The van der Waals surface area contributed by atoms with Gasteiger partial charge >= 0.3 is 190 Å². The Morgan fingerprint density at radius 1 is 1.00 bits per heavy atom. The van der Waals surface area contributed by atoms with E-state index in [1.54, 1.807) is 0 Å². The van der Waals surface area contributed by atoms with Crippen molar-refractivity contribution in [2.75, 3.05) is 0 Å². The monoisotopic (exact) mass is 593 g/mol. The summed E-state index contributed by atoms with van der Waals surface area (Å²) >= 11 is -0.355. The fourth-order valence-corrected chi connectivity index (χ4v) is 7.69. The third-order valence-corrected chi connectivity index (χ3v) is 9.03. The Kier molecular flexibility index (Phi) is 6.65. The molecule has 0 radical (unpaired) electrons. The van der Waals surface area contributed by atoms with Crippen molar-refractivity contribution in [2.24, 2.45) is 0 Å². The number of hydrogen-bond acceptors (Lipinski definition) is 2. The predicted molar refractivity (Wildman–Crippen MR) is 120 cm³/mol. The molecule has 29 heavy (non-hydrogen) atoms. The van der Waals surface area contributed by atoms with Crippen molar-refractivity contribution >= 4 is 14.9 Å². The molecule has 0 bridgehead atoms. The van der Waals surface area contributed by atoms with Crippen LogP contribution < -0.4 is 0 Å². The van der Waals surface area contributed by atoms with Gasteiger partial charge in [0.1, 0.15) is 0 Å². The molecule has 2 heterocycles. The van der Waals surface area contributed by atoms with Gasteiger partial charge in [-0.3, -0.25) is 0 Å². The molecule has 4 heteroatoms. The molecule has 0 aromatic heterocycles. The first-order valence-electron chi connectivity index (χ1n) is 11.0. The Bertz CT molecular complexity index is 807. The summed E-state index contributed by atoms with van der Waals surface area (Å²) < 4.78 is 0.297. The topological polar surface area (TPSA) is 6.48 Å². The fraction of sp³-hybridized carbons (Fsp3) is 0.520. The van der Waals surface area contributed by atoms with Crippen LogP contribution in [0.15, 0.2) is 48.3 Å². The normalized spacial score (nSPS) is 22.5. The Hall–Kier alpha value is -0.930. The van der Waals surface area contributed by atoms with Gasteiger partial charge in [0.05, 0.1) is 0 Å². The number of rotatable bonds is 5. The van der Waals surface area contributed by atoms with Crippen molar-refractivity contribution in [1.82, 2.24) is 9.80 Å². The van der Waals surface area contributed by atoms with Crippen LogP contribution in [0.4, 0.5) is 0 Å². The molecule has 0 amide bonds. The van der Waals surface area contributed by atoms with Crippen LogP contribution in [0.5, 0.6) is 0 Å². The molecule has 1 aliphatic carbocycles. The van der Waals surface area contributed by atoms with E-state index in [4.69, 9.17) is 9.19 Å². The molecular formula is C25H33AuClN2. The average Bonchev–Trinajstić information content (AvgIpc) is 3.12. The molecule has 0 spiro atoms. The van der Waals surface area contributed by atoms with E-state index in [1.165, 1.54) is 60.2 Å². The molecule has 2 nitrogen and oxygen atoms in total. The number of allylic oxidation sites excluding steroid dienone is 3. The molecule has 4 rings (SSSR count). The second kappa shape index (κ2) is 9.06. The van der Waals surface area contributed by atoms with Crippen LogP contribution in [0.3, 0.4) is 0 Å². The summed E-state index contributed by atoms with van der Waals surface area (Å²) in [6.07, 6.45) is 15.9. The molecule has 1 aromatic rings. The summed E-state index contributed by atoms with van der Waals surface area (Å²) in [5.74, 6) is 0.978. The molecule has 1 atom stereocenters. The molecule has 3 aliphatic rings. The van der Waals surface area contributed by atoms with E-state index in [-0.39, 0.29) is 18.7 Å². The Labute approximate surface area is 189 Å². The van der Waals surface area contributed by atoms with Crippen LogP contribution in [0.2, 0.25) is 0 Å². The standard InChI is InChI=1S/C25H33N2.Au.ClH/c1-18(2)22-13-9-14-23(19(3)4)25(22)24-15-8-12-21-16-26(17-27(21)24)20-10-6-5-7-11-20;;/h8-9,12-20H,5-7,10-11H2,1-4H3;;1H/q;+1;/p-1. The number of benzene rings is 1. The maximum atomic E-state index is 6.73. The van der Waals surface area contributed by atoms with Gasteiger partial charge in [-0.1, -0.05) is 0 Å². The summed E-state index contributed by atoms with van der Waals surface area (Å²) in [5.41, 5.74) is 6.96. The Morgan fingerprint density at radius 3 is 2.24 bits per heavy atom. The van der Waals surface area contributed by atoms with Gasteiger partial charge in [-0.05, 0) is 0 Å². The zero-order valence-electron chi connectivity index (χ0n) is 18.0. The van der Waals surface area contributed by atoms with Gasteiger partial charge in [-0.25, -0.2) is 0 Å². The zero-order chi connectivity index (χ0) is 20.5. The van der Waals surface area contributed by atoms with E-state index in [0.717, 1.165) is 0 Å². The first-order chi connectivity index (χ1) is 14.0. The zero-order valence-corrected chi connectivity index (χ0v) is 20.9. The Balaban J connectivity index is 1.78. The molecule has 1 saturated carbocycles. The third-order valence-electron chi connectivity index (χ3n) is 6.44. The van der Waals surface area contributed by atoms with Crippen molar-refractivity contribution in [3.8, 4) is 0 Å². The maximum absolute atomic E-state index is 6.73. The van der Waals surface area contributed by atoms with Crippen LogP contribution >= 0.6 is 9.19 Å². The second-order valence-electron chi connectivity index (χ2n) is 9.03. The molecule has 161 valence electrons. The van der Waals surface area contributed by atoms with E-state index >= 15 is 0 Å². The summed E-state index contributed by atoms with van der Waals surface area (Å²) in [6, 6.07) is 7.50. The van der Waals surface area contributed by atoms with Gasteiger partial charge in [-0.2, -0.15) is 0 Å². The SMILES string of the molecule is CC(C)c1cccc(C(C)C)c1C1=CC=CC2=CN(C3CCCCC3)[CH]([Au][Cl])N21. The van der Waals surface area contributed by atoms with Gasteiger partial charge < -0.3 is 0 Å². The first kappa shape index (κ1) is 21.3. The van der Waals surface area contributed by atoms with E-state index in [2.05, 4.69) is 80.1 Å². The fourth-order valence-electron chi connectivity index (χ4n) is 4.96. The predicted octanol–water partition coefficient (Wildman–Crippen LogP) is 7.16. The quantitative estimate of drug-likeness (QED) is 0.335. The van der Waals surface area contributed by atoms with Gasteiger partial charge in [-0.15, -0.1) is 0 Å². The molecular weight excluding hydrogens is 561 g/mol. The molecule has 0 saturated heterocycles. The van der Waals surface area contributed by atoms with Crippen molar-refractivity contribution in [3.63, 3.8) is 0 Å². The summed E-state index contributed by atoms with van der Waals surface area (Å²) in [7, 11) is 6.73. The van der Waals surface area contributed by atoms with Crippen LogP contribution in [-0.2, 0) is 18.7 Å². The van der Waals surface area contributed by atoms with Gasteiger partial charge in [0.15, 0.2) is 0 Å². The minimum atomic E-state index is -0.355. The van der Waals surface area contributed by atoms with Gasteiger partial charge in [0.25, 0.3) is 0 Å². The molecule has 0 N–H and O–H groups in total. The number of hydrogen-bond donors (Lipinski definition) is 0. The molecule has 1 fully saturated rings. The van der Waals surface area contributed by atoms with E-state index in [1.807, 2.05) is 0 Å². The Morgan fingerprint density at radius 2 is 1.66 bits per heavy atom. The average molecular weight is 594 g/mol. The summed E-state index contributed by atoms with van der Waals surface area (Å²) in [5, 5.41) is 0. The third kappa shape index (κ3) is 4.02. The van der Waals surface area contributed by atoms with Crippen LogP contribution in [-0.4, -0.2) is 20.2 Å². The van der Waals surface area contributed by atoms with Crippen molar-refractivity contribution in [3.05, 3.63) is 65.0 Å². The second-order valence-corrected chi connectivity index (χ2v) is 11.7. The molecule has 1 unspecified atom stereocenters. The first-order valence-corrected chi connectivity index (χ1v) is 14.9. The van der Waals surface area contributed by atoms with E-state index in [0.29, 0.717) is 22.3 Å². The molecule has 1 aromatic carbocycles. The number of nitrogens with zero attached hydrogens (tertiary/aromatic N) is 2. The van der Waals surface area contributed by atoms with Crippen molar-refractivity contribution in [1.29, 1.82) is 0 Å². The van der Waals surface area contributed by atoms with Gasteiger partial charge in [0.2, 0.25) is 0 Å². The minimum absolute atomic E-state index is 0.297. The van der Waals surface area contributed by atoms with Crippen LogP contribution in [0.25, 0.3) is 5.70 Å². The van der Waals surface area contributed by atoms with E-state index in [9.17, 15) is 0 Å². The van der Waals surface area contributed by atoms with Crippen molar-refractivity contribution in [2.45, 2.75) is 82.1 Å². The van der Waals surface area contributed by atoms with Gasteiger partial charge in [0, 0.05) is 0 Å². The number of fused-ring (bicyclic) bond motifs is 1. The van der Waals surface area contributed by atoms with Crippen LogP contribution in [0.1, 0.15) is 88.3 Å². The number of halogens is 1.